The quantitative estimate of drug-likeness (QED) is 0.909. The molecule has 2 rings (SSSR count). The van der Waals surface area contributed by atoms with Crippen LogP contribution in [-0.2, 0) is 9.53 Å². The smallest absolute Gasteiger partial charge is 0.415 e. The molecule has 0 aliphatic carbocycles. The lowest BCUT2D eigenvalue weighted by Crippen LogP contribution is -2.32. The van der Waals surface area contributed by atoms with Gasteiger partial charge in [0, 0.05) is 6.42 Å². The SMILES string of the molecule is CC1(CCC(=O)O)CN(c2ccccc2F)C(=O)O1. The highest BCUT2D eigenvalue weighted by Crippen LogP contribution is 2.32. The second-order valence-corrected chi connectivity index (χ2v) is 4.75. The summed E-state index contributed by atoms with van der Waals surface area (Å²) in [5.41, 5.74) is -0.760. The fourth-order valence-electron chi connectivity index (χ4n) is 2.05. The van der Waals surface area contributed by atoms with Crippen molar-refractivity contribution in [3.63, 3.8) is 0 Å². The van der Waals surface area contributed by atoms with Crippen molar-refractivity contribution in [3.8, 4) is 0 Å². The molecule has 1 aliphatic rings. The number of carbonyl (C=O) groups is 2. The van der Waals surface area contributed by atoms with Crippen LogP contribution in [0.4, 0.5) is 14.9 Å². The van der Waals surface area contributed by atoms with Crippen LogP contribution in [0.5, 0.6) is 0 Å². The highest BCUT2D eigenvalue weighted by Gasteiger charge is 2.42. The minimum Gasteiger partial charge on any atom is -0.481 e. The number of ether oxygens (including phenoxy) is 1. The van der Waals surface area contributed by atoms with E-state index in [4.69, 9.17) is 9.84 Å². The molecular weight excluding hydrogens is 253 g/mol. The maximum absolute atomic E-state index is 13.6. The van der Waals surface area contributed by atoms with Gasteiger partial charge in [0.05, 0.1) is 12.2 Å². The summed E-state index contributed by atoms with van der Waals surface area (Å²) < 4.78 is 18.8. The average molecular weight is 267 g/mol. The molecule has 102 valence electrons. The first kappa shape index (κ1) is 13.3. The molecule has 1 amide bonds. The van der Waals surface area contributed by atoms with Crippen molar-refractivity contribution < 1.29 is 23.8 Å². The maximum Gasteiger partial charge on any atom is 0.415 e. The van der Waals surface area contributed by atoms with E-state index in [1.165, 1.54) is 23.1 Å². The van der Waals surface area contributed by atoms with E-state index in [1.54, 1.807) is 13.0 Å². The summed E-state index contributed by atoms with van der Waals surface area (Å²) in [6.45, 7) is 1.79. The van der Waals surface area contributed by atoms with Crippen molar-refractivity contribution in [1.82, 2.24) is 0 Å². The largest absolute Gasteiger partial charge is 0.481 e. The minimum absolute atomic E-state index is 0.102. The van der Waals surface area contributed by atoms with Crippen LogP contribution in [0.25, 0.3) is 0 Å². The number of hydrogen-bond donors (Lipinski definition) is 1. The summed E-state index contributed by atoms with van der Waals surface area (Å²) in [7, 11) is 0. The standard InChI is InChI=1S/C13H14FNO4/c1-13(7-6-11(16)17)8-15(12(18)19-13)10-5-3-2-4-9(10)14/h2-5H,6-8H2,1H3,(H,16,17). The molecule has 0 saturated carbocycles. The molecule has 1 N–H and O–H groups in total. The third-order valence-corrected chi connectivity index (χ3v) is 3.06. The van der Waals surface area contributed by atoms with Gasteiger partial charge in [-0.25, -0.2) is 9.18 Å². The van der Waals surface area contributed by atoms with Crippen LogP contribution in [0, 0.1) is 5.82 Å². The topological polar surface area (TPSA) is 66.8 Å². The average Bonchev–Trinajstić information content (AvgIpc) is 2.64. The Morgan fingerprint density at radius 2 is 2.21 bits per heavy atom. The Morgan fingerprint density at radius 1 is 1.53 bits per heavy atom. The Labute approximate surface area is 109 Å². The van der Waals surface area contributed by atoms with Gasteiger partial charge >= 0.3 is 12.1 Å². The van der Waals surface area contributed by atoms with E-state index in [9.17, 15) is 14.0 Å². The van der Waals surface area contributed by atoms with Crippen LogP contribution in [0.15, 0.2) is 24.3 Å². The summed E-state index contributed by atoms with van der Waals surface area (Å²) in [5.74, 6) is -1.47. The van der Waals surface area contributed by atoms with Gasteiger partial charge in [-0.15, -0.1) is 0 Å². The van der Waals surface area contributed by atoms with Crippen molar-refractivity contribution in [2.75, 3.05) is 11.4 Å². The fraction of sp³-hybridized carbons (Fsp3) is 0.385. The molecule has 1 aromatic rings. The van der Waals surface area contributed by atoms with Crippen molar-refractivity contribution in [3.05, 3.63) is 30.1 Å². The number of rotatable bonds is 4. The van der Waals surface area contributed by atoms with E-state index in [1.807, 2.05) is 0 Å². The fourth-order valence-corrected chi connectivity index (χ4v) is 2.05. The van der Waals surface area contributed by atoms with Gasteiger partial charge < -0.3 is 9.84 Å². The highest BCUT2D eigenvalue weighted by atomic mass is 19.1. The van der Waals surface area contributed by atoms with Crippen LogP contribution < -0.4 is 4.90 Å². The molecule has 0 bridgehead atoms. The first-order valence-corrected chi connectivity index (χ1v) is 5.88. The van der Waals surface area contributed by atoms with Gasteiger partial charge in [0.25, 0.3) is 0 Å². The van der Waals surface area contributed by atoms with Crippen molar-refractivity contribution in [2.45, 2.75) is 25.4 Å². The number of anilines is 1. The van der Waals surface area contributed by atoms with Crippen molar-refractivity contribution in [2.24, 2.45) is 0 Å². The van der Waals surface area contributed by atoms with Crippen LogP contribution >= 0.6 is 0 Å². The monoisotopic (exact) mass is 267 g/mol. The number of carboxylic acids is 1. The zero-order chi connectivity index (χ0) is 14.0. The van der Waals surface area contributed by atoms with Gasteiger partial charge in [0.15, 0.2) is 0 Å². The number of carboxylic acid groups (broad SMARTS) is 1. The molecule has 5 nitrogen and oxygen atoms in total. The van der Waals surface area contributed by atoms with Gasteiger partial charge in [0.2, 0.25) is 0 Å². The van der Waals surface area contributed by atoms with Gasteiger partial charge in [0.1, 0.15) is 11.4 Å². The number of carbonyl (C=O) groups excluding carboxylic acids is 1. The van der Waals surface area contributed by atoms with Crippen LogP contribution in [0.3, 0.4) is 0 Å². The zero-order valence-corrected chi connectivity index (χ0v) is 10.4. The minimum atomic E-state index is -0.957. The molecule has 19 heavy (non-hydrogen) atoms. The van der Waals surface area contributed by atoms with Gasteiger partial charge in [-0.05, 0) is 25.5 Å². The number of benzene rings is 1. The van der Waals surface area contributed by atoms with E-state index < -0.39 is 23.5 Å². The summed E-state index contributed by atoms with van der Waals surface area (Å²) in [5, 5.41) is 8.67. The van der Waals surface area contributed by atoms with Crippen LogP contribution in [0.1, 0.15) is 19.8 Å². The Kier molecular flexibility index (Phi) is 3.42. The van der Waals surface area contributed by atoms with E-state index in [0.29, 0.717) is 0 Å². The molecule has 1 fully saturated rings. The molecule has 1 saturated heterocycles. The number of halogens is 1. The summed E-state index contributed by atoms with van der Waals surface area (Å²) >= 11 is 0. The normalized spacial score (nSPS) is 22.4. The number of nitrogens with zero attached hydrogens (tertiary/aromatic N) is 1. The molecule has 0 aromatic heterocycles. The molecule has 0 radical (unpaired) electrons. The number of aliphatic carboxylic acids is 1. The molecule has 1 atom stereocenters. The highest BCUT2D eigenvalue weighted by molar-refractivity contribution is 5.90. The second-order valence-electron chi connectivity index (χ2n) is 4.75. The van der Waals surface area contributed by atoms with E-state index in [2.05, 4.69) is 0 Å². The van der Waals surface area contributed by atoms with E-state index >= 15 is 0 Å². The van der Waals surface area contributed by atoms with E-state index in [0.717, 1.165) is 0 Å². The Balaban J connectivity index is 2.16. The summed E-state index contributed by atoms with van der Waals surface area (Å²) in [6, 6.07) is 5.90. The lowest BCUT2D eigenvalue weighted by atomic mass is 10.00. The first-order valence-electron chi connectivity index (χ1n) is 5.88. The third kappa shape index (κ3) is 2.83. The molecule has 0 spiro atoms. The summed E-state index contributed by atoms with van der Waals surface area (Å²) in [6.07, 6.45) is -0.563. The number of para-hydroxylation sites is 1. The van der Waals surface area contributed by atoms with Crippen LogP contribution in [-0.4, -0.2) is 29.3 Å². The van der Waals surface area contributed by atoms with E-state index in [-0.39, 0.29) is 25.1 Å². The zero-order valence-electron chi connectivity index (χ0n) is 10.4. The lowest BCUT2D eigenvalue weighted by molar-refractivity contribution is -0.138. The molecule has 1 unspecified atom stereocenters. The first-order chi connectivity index (χ1) is 8.91. The molecule has 6 heteroatoms. The second kappa shape index (κ2) is 4.87. The number of amides is 1. The maximum atomic E-state index is 13.6. The Morgan fingerprint density at radius 3 is 2.84 bits per heavy atom. The third-order valence-electron chi connectivity index (χ3n) is 3.06. The Bertz CT molecular complexity index is 519. The number of cyclic esters (lactones) is 1. The molecule has 1 aliphatic heterocycles. The molecule has 1 heterocycles. The molecule has 1 aromatic carbocycles. The van der Waals surface area contributed by atoms with Gasteiger partial charge in [-0.1, -0.05) is 12.1 Å². The van der Waals surface area contributed by atoms with Crippen LogP contribution in [0.2, 0.25) is 0 Å². The predicted octanol–water partition coefficient (Wildman–Crippen LogP) is 2.41. The predicted molar refractivity (Wildman–Crippen MR) is 65.5 cm³/mol. The van der Waals surface area contributed by atoms with Crippen molar-refractivity contribution in [1.29, 1.82) is 0 Å². The molecular formula is C13H14FNO4. The lowest BCUT2D eigenvalue weighted by Gasteiger charge is -2.20. The van der Waals surface area contributed by atoms with Gasteiger partial charge in [-0.3, -0.25) is 9.69 Å². The Hall–Kier alpha value is -2.11. The summed E-state index contributed by atoms with van der Waals surface area (Å²) in [4.78, 5) is 23.5. The number of hydrogen-bond acceptors (Lipinski definition) is 3. The van der Waals surface area contributed by atoms with Gasteiger partial charge in [-0.2, -0.15) is 0 Å². The van der Waals surface area contributed by atoms with Crippen molar-refractivity contribution >= 4 is 17.7 Å².